The number of nitrogens with two attached hydrogens (primary N) is 1. The first-order chi connectivity index (χ1) is 14.4. The molecule has 0 bridgehead atoms. The average Bonchev–Trinajstić information content (AvgIpc) is 2.75. The van der Waals surface area contributed by atoms with Gasteiger partial charge in [0.05, 0.1) is 19.2 Å². The molecule has 3 aromatic carbocycles. The van der Waals surface area contributed by atoms with Gasteiger partial charge >= 0.3 is 0 Å². The van der Waals surface area contributed by atoms with E-state index in [1.54, 1.807) is 7.11 Å². The zero-order valence-corrected chi connectivity index (χ0v) is 17.3. The largest absolute Gasteiger partial charge is 0.496 e. The lowest BCUT2D eigenvalue weighted by molar-refractivity contribution is -0.119. The molecular formula is C22H21ClN2O5. The van der Waals surface area contributed by atoms with Gasteiger partial charge in [-0.3, -0.25) is 9.59 Å². The van der Waals surface area contributed by atoms with Gasteiger partial charge in [0.2, 0.25) is 0 Å². The molecule has 0 fully saturated rings. The number of benzene rings is 3. The Balaban J connectivity index is 1.84. The summed E-state index contributed by atoms with van der Waals surface area (Å²) in [5.41, 5.74) is 6.24. The van der Waals surface area contributed by atoms with Crippen molar-refractivity contribution in [3.63, 3.8) is 0 Å². The van der Waals surface area contributed by atoms with Crippen LogP contribution in [0.1, 0.15) is 15.9 Å². The van der Waals surface area contributed by atoms with Crippen molar-refractivity contribution in [1.82, 2.24) is 5.32 Å². The number of halogens is 1. The highest BCUT2D eigenvalue weighted by Crippen LogP contribution is 2.36. The molecule has 0 aromatic heterocycles. The number of rotatable bonds is 8. The molecule has 2 amide bonds. The molecule has 3 N–H and O–H groups in total. The van der Waals surface area contributed by atoms with Gasteiger partial charge in [-0.05, 0) is 29.0 Å². The number of carbonyl (C=O) groups is 2. The molecule has 0 aliphatic rings. The summed E-state index contributed by atoms with van der Waals surface area (Å²) >= 11 is 6.23. The number of carbonyl (C=O) groups excluding carboxylic acids is 2. The van der Waals surface area contributed by atoms with Crippen LogP contribution in [0.5, 0.6) is 17.2 Å². The Morgan fingerprint density at radius 1 is 1.03 bits per heavy atom. The highest BCUT2D eigenvalue weighted by atomic mass is 35.5. The molecule has 7 nitrogen and oxygen atoms in total. The van der Waals surface area contributed by atoms with E-state index < -0.39 is 5.91 Å². The van der Waals surface area contributed by atoms with Gasteiger partial charge in [-0.2, -0.15) is 0 Å². The molecule has 30 heavy (non-hydrogen) atoms. The van der Waals surface area contributed by atoms with Crippen molar-refractivity contribution >= 4 is 34.2 Å². The number of nitrogens with one attached hydrogen (secondary N) is 1. The maximum Gasteiger partial charge on any atom is 0.255 e. The Hall–Kier alpha value is -3.45. The molecule has 3 rings (SSSR count). The monoisotopic (exact) mass is 428 g/mol. The molecule has 156 valence electrons. The average molecular weight is 429 g/mol. The number of methoxy groups -OCH3 is 2. The van der Waals surface area contributed by atoms with E-state index in [0.717, 1.165) is 16.3 Å². The van der Waals surface area contributed by atoms with Gasteiger partial charge in [-0.15, -0.1) is 0 Å². The molecule has 0 unspecified atom stereocenters. The molecule has 0 aliphatic heterocycles. The SMILES string of the molecule is COc1cc(C(=O)NCc2c(OC)ccc3ccccc23)cc(Cl)c1OCC(N)=O. The molecule has 0 radical (unpaired) electrons. The van der Waals surface area contributed by atoms with Crippen LogP contribution < -0.4 is 25.3 Å². The van der Waals surface area contributed by atoms with Crippen molar-refractivity contribution in [3.8, 4) is 17.2 Å². The van der Waals surface area contributed by atoms with Crippen LogP contribution in [-0.4, -0.2) is 32.6 Å². The fourth-order valence-corrected chi connectivity index (χ4v) is 3.36. The molecule has 8 heteroatoms. The Labute approximate surface area is 178 Å². The van der Waals surface area contributed by atoms with Crippen LogP contribution in [-0.2, 0) is 11.3 Å². The zero-order chi connectivity index (χ0) is 21.7. The minimum absolute atomic E-state index is 0.128. The van der Waals surface area contributed by atoms with E-state index in [9.17, 15) is 9.59 Å². The number of primary amides is 1. The minimum Gasteiger partial charge on any atom is -0.496 e. The van der Waals surface area contributed by atoms with Gasteiger partial charge in [0.1, 0.15) is 5.75 Å². The van der Waals surface area contributed by atoms with Crippen LogP contribution in [0.2, 0.25) is 5.02 Å². The predicted molar refractivity (Wildman–Crippen MR) is 114 cm³/mol. The van der Waals surface area contributed by atoms with Crippen molar-refractivity contribution in [3.05, 3.63) is 64.7 Å². The highest BCUT2D eigenvalue weighted by Gasteiger charge is 2.17. The molecule has 0 saturated heterocycles. The van der Waals surface area contributed by atoms with Gasteiger partial charge in [-0.1, -0.05) is 41.9 Å². The maximum atomic E-state index is 12.8. The minimum atomic E-state index is -0.654. The third kappa shape index (κ3) is 4.58. The van der Waals surface area contributed by atoms with Gasteiger partial charge in [-0.25, -0.2) is 0 Å². The maximum absolute atomic E-state index is 12.8. The fourth-order valence-electron chi connectivity index (χ4n) is 3.09. The first-order valence-corrected chi connectivity index (χ1v) is 9.43. The Morgan fingerprint density at radius 3 is 2.47 bits per heavy atom. The summed E-state index contributed by atoms with van der Waals surface area (Å²) in [5, 5.41) is 5.04. The highest BCUT2D eigenvalue weighted by molar-refractivity contribution is 6.32. The summed E-state index contributed by atoms with van der Waals surface area (Å²) in [6.45, 7) is -0.105. The smallest absolute Gasteiger partial charge is 0.255 e. The fraction of sp³-hybridized carbons (Fsp3) is 0.182. The summed E-state index contributed by atoms with van der Waals surface area (Å²) < 4.78 is 16.0. The number of hydrogen-bond acceptors (Lipinski definition) is 5. The van der Waals surface area contributed by atoms with Crippen LogP contribution in [0.25, 0.3) is 10.8 Å². The normalized spacial score (nSPS) is 10.5. The lowest BCUT2D eigenvalue weighted by Crippen LogP contribution is -2.23. The predicted octanol–water partition coefficient (Wildman–Crippen LogP) is 3.30. The first-order valence-electron chi connectivity index (χ1n) is 9.06. The standard InChI is InChI=1S/C22H21ClN2O5/c1-28-18-8-7-13-5-3-4-6-15(13)16(18)11-25-22(27)14-9-17(23)21(19(10-14)29-2)30-12-20(24)26/h3-10H,11-12H2,1-2H3,(H2,24,26)(H,25,27). The van der Waals surface area contributed by atoms with Gasteiger partial charge in [0, 0.05) is 17.7 Å². The molecular weight excluding hydrogens is 408 g/mol. The number of hydrogen-bond donors (Lipinski definition) is 2. The quantitative estimate of drug-likeness (QED) is 0.573. The first kappa shape index (κ1) is 21.3. The van der Waals surface area contributed by atoms with Gasteiger partial charge in [0.25, 0.3) is 11.8 Å². The third-order valence-electron chi connectivity index (χ3n) is 4.49. The van der Waals surface area contributed by atoms with E-state index in [0.29, 0.717) is 5.75 Å². The topological polar surface area (TPSA) is 99.9 Å². The lowest BCUT2D eigenvalue weighted by atomic mass is 10.0. The Kier molecular flexibility index (Phi) is 6.64. The van der Waals surface area contributed by atoms with E-state index in [2.05, 4.69) is 5.32 Å². The number of fused-ring (bicyclic) bond motifs is 1. The molecule has 0 saturated carbocycles. The van der Waals surface area contributed by atoms with E-state index in [-0.39, 0.29) is 41.1 Å². The van der Waals surface area contributed by atoms with Crippen LogP contribution in [0.3, 0.4) is 0 Å². The third-order valence-corrected chi connectivity index (χ3v) is 4.77. The van der Waals surface area contributed by atoms with Crippen molar-refractivity contribution in [2.75, 3.05) is 20.8 Å². The van der Waals surface area contributed by atoms with Crippen LogP contribution >= 0.6 is 11.6 Å². The van der Waals surface area contributed by atoms with Crippen LogP contribution in [0.4, 0.5) is 0 Å². The summed E-state index contributed by atoms with van der Waals surface area (Å²) in [6.07, 6.45) is 0. The van der Waals surface area contributed by atoms with Crippen molar-refractivity contribution in [2.45, 2.75) is 6.54 Å². The van der Waals surface area contributed by atoms with E-state index in [4.69, 9.17) is 31.5 Å². The summed E-state index contributed by atoms with van der Waals surface area (Å²) in [4.78, 5) is 23.7. The number of ether oxygens (including phenoxy) is 3. The Bertz CT molecular complexity index is 1100. The summed E-state index contributed by atoms with van der Waals surface area (Å²) in [5.74, 6) is 0.0345. The molecule has 0 heterocycles. The zero-order valence-electron chi connectivity index (χ0n) is 16.5. The van der Waals surface area contributed by atoms with E-state index in [1.807, 2.05) is 36.4 Å². The second-order valence-electron chi connectivity index (χ2n) is 6.39. The van der Waals surface area contributed by atoms with E-state index >= 15 is 0 Å². The Morgan fingerprint density at radius 2 is 1.77 bits per heavy atom. The van der Waals surface area contributed by atoms with Crippen LogP contribution in [0, 0.1) is 0 Å². The van der Waals surface area contributed by atoms with Crippen molar-refractivity contribution in [2.24, 2.45) is 5.73 Å². The van der Waals surface area contributed by atoms with Crippen molar-refractivity contribution < 1.29 is 23.8 Å². The second-order valence-corrected chi connectivity index (χ2v) is 6.80. The molecule has 0 spiro atoms. The lowest BCUT2D eigenvalue weighted by Gasteiger charge is -2.15. The molecule has 0 aliphatic carbocycles. The van der Waals surface area contributed by atoms with E-state index in [1.165, 1.54) is 19.2 Å². The summed E-state index contributed by atoms with van der Waals surface area (Å²) in [7, 11) is 3.00. The van der Waals surface area contributed by atoms with Crippen LogP contribution in [0.15, 0.2) is 48.5 Å². The van der Waals surface area contributed by atoms with Crippen molar-refractivity contribution in [1.29, 1.82) is 0 Å². The van der Waals surface area contributed by atoms with Gasteiger partial charge in [0.15, 0.2) is 18.1 Å². The summed E-state index contributed by atoms with van der Waals surface area (Å²) in [6, 6.07) is 14.6. The molecule has 0 atom stereocenters. The number of amides is 2. The molecule has 3 aromatic rings. The van der Waals surface area contributed by atoms with Gasteiger partial charge < -0.3 is 25.3 Å². The second kappa shape index (κ2) is 9.37.